The summed E-state index contributed by atoms with van der Waals surface area (Å²) in [5, 5.41) is 0. The number of esters is 2. The van der Waals surface area contributed by atoms with E-state index in [4.69, 9.17) is 47.4 Å². The van der Waals surface area contributed by atoms with E-state index in [1.165, 1.54) is 19.1 Å². The van der Waals surface area contributed by atoms with Crippen molar-refractivity contribution in [2.24, 2.45) is 0 Å². The van der Waals surface area contributed by atoms with Crippen LogP contribution in [-0.4, -0.2) is 132 Å². The van der Waals surface area contributed by atoms with Crippen molar-refractivity contribution in [3.05, 3.63) is 18.2 Å². The van der Waals surface area contributed by atoms with E-state index in [-0.39, 0.29) is 26.3 Å². The standard InChI is InChI=1S/C28H47NO12/c1-5-34-7-9-36-11-13-38-15-17-40-25-19-24(29(22-27(30)32-3)23-28(31)33-4)20-26(21-25)41-18-16-39-14-12-37-10-8-35-6-2/h19-21H,5-18,22-23H2,1-4H3. The molecule has 0 bridgehead atoms. The predicted molar refractivity (Wildman–Crippen MR) is 150 cm³/mol. The lowest BCUT2D eigenvalue weighted by molar-refractivity contribution is -0.140. The van der Waals surface area contributed by atoms with Crippen molar-refractivity contribution < 1.29 is 57.0 Å². The molecule has 13 nitrogen and oxygen atoms in total. The van der Waals surface area contributed by atoms with E-state index in [2.05, 4.69) is 0 Å². The van der Waals surface area contributed by atoms with Gasteiger partial charge in [-0.2, -0.15) is 0 Å². The number of carbonyl (C=O) groups excluding carboxylic acids is 2. The summed E-state index contributed by atoms with van der Waals surface area (Å²) in [5.41, 5.74) is 0.514. The molecule has 0 radical (unpaired) electrons. The van der Waals surface area contributed by atoms with Crippen molar-refractivity contribution in [3.63, 3.8) is 0 Å². The first-order valence-corrected chi connectivity index (χ1v) is 13.8. The molecule has 0 N–H and O–H groups in total. The fourth-order valence-corrected chi connectivity index (χ4v) is 3.19. The highest BCUT2D eigenvalue weighted by Crippen LogP contribution is 2.29. The van der Waals surface area contributed by atoms with E-state index < -0.39 is 11.9 Å². The Morgan fingerprint density at radius 2 is 0.878 bits per heavy atom. The average molecular weight is 590 g/mol. The summed E-state index contributed by atoms with van der Waals surface area (Å²) in [6.07, 6.45) is 0. The molecule has 0 aromatic heterocycles. The second-order valence-corrected chi connectivity index (χ2v) is 8.21. The van der Waals surface area contributed by atoms with Crippen LogP contribution >= 0.6 is 0 Å². The Hall–Kier alpha value is -2.68. The van der Waals surface area contributed by atoms with Crippen molar-refractivity contribution >= 4 is 17.6 Å². The molecule has 0 heterocycles. The van der Waals surface area contributed by atoms with Gasteiger partial charge >= 0.3 is 11.9 Å². The number of methoxy groups -OCH3 is 2. The van der Waals surface area contributed by atoms with Gasteiger partial charge in [0.25, 0.3) is 0 Å². The Balaban J connectivity index is 2.68. The molecule has 41 heavy (non-hydrogen) atoms. The number of hydrogen-bond donors (Lipinski definition) is 0. The van der Waals surface area contributed by atoms with E-state index >= 15 is 0 Å². The van der Waals surface area contributed by atoms with Crippen LogP contribution in [0.1, 0.15) is 13.8 Å². The highest BCUT2D eigenvalue weighted by atomic mass is 16.6. The van der Waals surface area contributed by atoms with Gasteiger partial charge < -0.3 is 52.3 Å². The predicted octanol–water partition coefficient (Wildman–Crippen LogP) is 1.74. The Kier molecular flexibility index (Phi) is 22.2. The molecule has 236 valence electrons. The van der Waals surface area contributed by atoms with Crippen LogP contribution in [0, 0.1) is 0 Å². The van der Waals surface area contributed by atoms with Crippen LogP contribution in [-0.2, 0) is 47.5 Å². The van der Waals surface area contributed by atoms with Gasteiger partial charge in [0.05, 0.1) is 80.3 Å². The zero-order chi connectivity index (χ0) is 30.0. The number of rotatable bonds is 27. The van der Waals surface area contributed by atoms with Crippen molar-refractivity contribution in [1.29, 1.82) is 0 Å². The molecule has 0 amide bonds. The maximum Gasteiger partial charge on any atom is 0.325 e. The Bertz CT molecular complexity index is 750. The monoisotopic (exact) mass is 589 g/mol. The van der Waals surface area contributed by atoms with Gasteiger partial charge in [-0.25, -0.2) is 0 Å². The van der Waals surface area contributed by atoms with Crippen molar-refractivity contribution in [1.82, 2.24) is 0 Å². The highest BCUT2D eigenvalue weighted by Gasteiger charge is 2.18. The molecule has 0 spiro atoms. The largest absolute Gasteiger partial charge is 0.491 e. The van der Waals surface area contributed by atoms with Crippen LogP contribution in [0.2, 0.25) is 0 Å². The molecular formula is C28H47NO12. The second kappa shape index (κ2) is 25.1. The van der Waals surface area contributed by atoms with Crippen LogP contribution < -0.4 is 14.4 Å². The molecule has 0 unspecified atom stereocenters. The van der Waals surface area contributed by atoms with Gasteiger partial charge in [-0.1, -0.05) is 0 Å². The normalized spacial score (nSPS) is 10.8. The minimum absolute atomic E-state index is 0.173. The second-order valence-electron chi connectivity index (χ2n) is 8.21. The number of ether oxygens (including phenoxy) is 10. The fraction of sp³-hybridized carbons (Fsp3) is 0.714. The number of carbonyl (C=O) groups is 2. The minimum atomic E-state index is -0.517. The molecule has 0 saturated carbocycles. The number of benzene rings is 1. The summed E-state index contributed by atoms with van der Waals surface area (Å²) in [4.78, 5) is 25.6. The number of hydrogen-bond acceptors (Lipinski definition) is 13. The van der Waals surface area contributed by atoms with Crippen LogP contribution in [0.15, 0.2) is 18.2 Å². The van der Waals surface area contributed by atoms with E-state index in [9.17, 15) is 9.59 Å². The van der Waals surface area contributed by atoms with Gasteiger partial charge in [0, 0.05) is 37.1 Å². The lowest BCUT2D eigenvalue weighted by Crippen LogP contribution is -2.35. The summed E-state index contributed by atoms with van der Waals surface area (Å²) < 4.78 is 53.7. The summed E-state index contributed by atoms with van der Waals surface area (Å²) in [6.45, 7) is 9.95. The van der Waals surface area contributed by atoms with Crippen LogP contribution in [0.3, 0.4) is 0 Å². The summed E-state index contributed by atoms with van der Waals surface area (Å²) >= 11 is 0. The zero-order valence-corrected chi connectivity index (χ0v) is 24.9. The van der Waals surface area contributed by atoms with Crippen LogP contribution in [0.4, 0.5) is 5.69 Å². The summed E-state index contributed by atoms with van der Waals surface area (Å²) in [7, 11) is 2.56. The van der Waals surface area contributed by atoms with Crippen molar-refractivity contribution in [3.8, 4) is 11.5 Å². The molecule has 1 rings (SSSR count). The van der Waals surface area contributed by atoms with Gasteiger partial charge in [-0.3, -0.25) is 9.59 Å². The third-order valence-corrected chi connectivity index (χ3v) is 5.21. The van der Waals surface area contributed by atoms with Crippen molar-refractivity contribution in [2.45, 2.75) is 13.8 Å². The van der Waals surface area contributed by atoms with E-state index in [0.29, 0.717) is 96.5 Å². The highest BCUT2D eigenvalue weighted by molar-refractivity contribution is 5.81. The SMILES string of the molecule is CCOCCOCCOCCOc1cc(OCCOCCOCCOCC)cc(N(CC(=O)OC)CC(=O)OC)c1. The Morgan fingerprint density at radius 3 is 1.22 bits per heavy atom. The molecule has 0 atom stereocenters. The molecule has 1 aromatic carbocycles. The first-order valence-electron chi connectivity index (χ1n) is 13.8. The number of nitrogens with zero attached hydrogens (tertiary/aromatic N) is 1. The van der Waals surface area contributed by atoms with E-state index in [1.807, 2.05) is 13.8 Å². The maximum absolute atomic E-state index is 12.0. The molecule has 0 fully saturated rings. The summed E-state index contributed by atoms with van der Waals surface area (Å²) in [6, 6.07) is 5.11. The van der Waals surface area contributed by atoms with Crippen LogP contribution in [0.25, 0.3) is 0 Å². The molecule has 0 saturated heterocycles. The maximum atomic E-state index is 12.0. The molecule has 1 aromatic rings. The first-order chi connectivity index (χ1) is 20.0. The molecule has 0 aliphatic rings. The van der Waals surface area contributed by atoms with Gasteiger partial charge in [-0.15, -0.1) is 0 Å². The zero-order valence-electron chi connectivity index (χ0n) is 24.9. The number of anilines is 1. The Morgan fingerprint density at radius 1 is 0.537 bits per heavy atom. The molecule has 0 aliphatic heterocycles. The van der Waals surface area contributed by atoms with Crippen molar-refractivity contribution in [2.75, 3.05) is 125 Å². The van der Waals surface area contributed by atoms with Gasteiger partial charge in [0.2, 0.25) is 0 Å². The first kappa shape index (κ1) is 36.3. The van der Waals surface area contributed by atoms with E-state index in [0.717, 1.165) is 0 Å². The van der Waals surface area contributed by atoms with Gasteiger partial charge in [-0.05, 0) is 13.8 Å². The summed E-state index contributed by atoms with van der Waals surface area (Å²) in [5.74, 6) is -0.0947. The fourth-order valence-electron chi connectivity index (χ4n) is 3.19. The topological polar surface area (TPSA) is 130 Å². The Labute approximate surface area is 243 Å². The molecular weight excluding hydrogens is 542 g/mol. The van der Waals surface area contributed by atoms with E-state index in [1.54, 1.807) is 18.2 Å². The average Bonchev–Trinajstić information content (AvgIpc) is 2.98. The molecule has 0 aliphatic carbocycles. The lowest BCUT2D eigenvalue weighted by atomic mass is 10.2. The van der Waals surface area contributed by atoms with Crippen LogP contribution in [0.5, 0.6) is 11.5 Å². The lowest BCUT2D eigenvalue weighted by Gasteiger charge is -2.23. The molecule has 13 heteroatoms. The minimum Gasteiger partial charge on any atom is -0.491 e. The smallest absolute Gasteiger partial charge is 0.325 e. The third kappa shape index (κ3) is 19.1. The third-order valence-electron chi connectivity index (χ3n) is 5.21. The van der Waals surface area contributed by atoms with Gasteiger partial charge in [0.1, 0.15) is 37.8 Å². The van der Waals surface area contributed by atoms with Gasteiger partial charge in [0.15, 0.2) is 0 Å². The quantitative estimate of drug-likeness (QED) is 0.109.